The molecule has 0 aliphatic carbocycles. The first-order chi connectivity index (χ1) is 11.7. The van der Waals surface area contributed by atoms with Crippen LogP contribution in [0.3, 0.4) is 0 Å². The van der Waals surface area contributed by atoms with Gasteiger partial charge in [-0.1, -0.05) is 31.1 Å². The zero-order chi connectivity index (χ0) is 18.6. The lowest BCUT2D eigenvalue weighted by Gasteiger charge is -2.20. The SMILES string of the molecule is Cc1cc(COC(=O)[C@@H](NS(=O)(=O)c2ccccc2F)C(C)C)on1. The lowest BCUT2D eigenvalue weighted by atomic mass is 10.1. The number of rotatable bonds is 7. The highest BCUT2D eigenvalue weighted by atomic mass is 32.2. The minimum Gasteiger partial charge on any atom is -0.456 e. The number of benzene rings is 1. The van der Waals surface area contributed by atoms with E-state index < -0.39 is 38.7 Å². The molecule has 136 valence electrons. The summed E-state index contributed by atoms with van der Waals surface area (Å²) in [5, 5.41) is 3.66. The van der Waals surface area contributed by atoms with Gasteiger partial charge in [-0.05, 0) is 25.0 Å². The first kappa shape index (κ1) is 19.1. The summed E-state index contributed by atoms with van der Waals surface area (Å²) in [5.41, 5.74) is 0.631. The topological polar surface area (TPSA) is 98.5 Å². The highest BCUT2D eigenvalue weighted by molar-refractivity contribution is 7.89. The number of hydrogen-bond acceptors (Lipinski definition) is 6. The summed E-state index contributed by atoms with van der Waals surface area (Å²) in [7, 11) is -4.22. The molecule has 2 rings (SSSR count). The molecule has 2 aromatic rings. The molecule has 7 nitrogen and oxygen atoms in total. The van der Waals surface area contributed by atoms with Crippen LogP contribution in [0.15, 0.2) is 39.8 Å². The zero-order valence-corrected chi connectivity index (χ0v) is 14.8. The molecular formula is C16H19FN2O5S. The molecule has 0 saturated carbocycles. The fraction of sp³-hybridized carbons (Fsp3) is 0.375. The van der Waals surface area contributed by atoms with Crippen molar-refractivity contribution in [3.63, 3.8) is 0 Å². The average molecular weight is 370 g/mol. The normalized spacial score (nSPS) is 13.0. The molecule has 1 aromatic carbocycles. The van der Waals surface area contributed by atoms with Gasteiger partial charge >= 0.3 is 5.97 Å². The third-order valence-corrected chi connectivity index (χ3v) is 4.84. The number of carbonyl (C=O) groups is 1. The van der Waals surface area contributed by atoms with Crippen LogP contribution >= 0.6 is 0 Å². The van der Waals surface area contributed by atoms with Gasteiger partial charge in [0.25, 0.3) is 0 Å². The maximum atomic E-state index is 13.8. The number of aromatic nitrogens is 1. The van der Waals surface area contributed by atoms with E-state index in [9.17, 15) is 17.6 Å². The Balaban J connectivity index is 2.12. The Morgan fingerprint density at radius 2 is 2.04 bits per heavy atom. The van der Waals surface area contributed by atoms with Gasteiger partial charge in [0.1, 0.15) is 16.8 Å². The highest BCUT2D eigenvalue weighted by Gasteiger charge is 2.31. The van der Waals surface area contributed by atoms with Crippen LogP contribution < -0.4 is 4.72 Å². The van der Waals surface area contributed by atoms with Crippen molar-refractivity contribution >= 4 is 16.0 Å². The van der Waals surface area contributed by atoms with Crippen LogP contribution in [0.1, 0.15) is 25.3 Å². The largest absolute Gasteiger partial charge is 0.456 e. The number of ether oxygens (including phenoxy) is 1. The molecule has 1 atom stereocenters. The molecule has 0 aliphatic heterocycles. The first-order valence-electron chi connectivity index (χ1n) is 7.56. The first-order valence-corrected chi connectivity index (χ1v) is 9.04. The van der Waals surface area contributed by atoms with Gasteiger partial charge in [-0.2, -0.15) is 4.72 Å². The van der Waals surface area contributed by atoms with Gasteiger partial charge in [0.15, 0.2) is 12.4 Å². The zero-order valence-electron chi connectivity index (χ0n) is 14.0. The van der Waals surface area contributed by atoms with Crippen LogP contribution in [0.4, 0.5) is 4.39 Å². The second kappa shape index (κ2) is 7.75. The van der Waals surface area contributed by atoms with Crippen LogP contribution in [-0.2, 0) is 26.2 Å². The van der Waals surface area contributed by atoms with Gasteiger partial charge in [-0.25, -0.2) is 12.8 Å². The van der Waals surface area contributed by atoms with E-state index in [0.717, 1.165) is 12.1 Å². The van der Waals surface area contributed by atoms with Gasteiger partial charge in [0.05, 0.1) is 5.69 Å². The Hall–Kier alpha value is -2.26. The number of esters is 1. The molecule has 0 spiro atoms. The summed E-state index contributed by atoms with van der Waals surface area (Å²) in [6.45, 7) is 4.83. The molecule has 1 aromatic heterocycles. The summed E-state index contributed by atoms with van der Waals surface area (Å²) >= 11 is 0. The quantitative estimate of drug-likeness (QED) is 0.750. The monoisotopic (exact) mass is 370 g/mol. The van der Waals surface area contributed by atoms with Crippen LogP contribution in [0.2, 0.25) is 0 Å². The number of nitrogens with one attached hydrogen (secondary N) is 1. The van der Waals surface area contributed by atoms with Gasteiger partial charge < -0.3 is 9.26 Å². The van der Waals surface area contributed by atoms with Crippen molar-refractivity contribution in [3.05, 3.63) is 47.6 Å². The maximum Gasteiger partial charge on any atom is 0.324 e. The Morgan fingerprint density at radius 1 is 1.36 bits per heavy atom. The Kier molecular flexibility index (Phi) is 5.91. The molecule has 1 heterocycles. The molecule has 0 saturated heterocycles. The van der Waals surface area contributed by atoms with Crippen molar-refractivity contribution in [2.75, 3.05) is 0 Å². The molecule has 25 heavy (non-hydrogen) atoms. The fourth-order valence-corrected chi connectivity index (χ4v) is 3.48. The summed E-state index contributed by atoms with van der Waals surface area (Å²) in [5.74, 6) is -1.76. The van der Waals surface area contributed by atoms with E-state index in [4.69, 9.17) is 9.26 Å². The lowest BCUT2D eigenvalue weighted by Crippen LogP contribution is -2.45. The fourth-order valence-electron chi connectivity index (χ4n) is 2.07. The van der Waals surface area contributed by atoms with Gasteiger partial charge in [-0.3, -0.25) is 4.79 Å². The van der Waals surface area contributed by atoms with Crippen molar-refractivity contribution in [2.45, 2.75) is 38.3 Å². The van der Waals surface area contributed by atoms with Gasteiger partial charge in [0.2, 0.25) is 10.0 Å². The molecule has 0 radical (unpaired) electrons. The summed E-state index contributed by atoms with van der Waals surface area (Å²) in [6.07, 6.45) is 0. The maximum absolute atomic E-state index is 13.8. The molecule has 9 heteroatoms. The van der Waals surface area contributed by atoms with Crippen molar-refractivity contribution in [2.24, 2.45) is 5.92 Å². The standard InChI is InChI=1S/C16H19FN2O5S/c1-10(2)15(16(20)23-9-12-8-11(3)18-24-12)19-25(21,22)14-7-5-4-6-13(14)17/h4-8,10,15,19H,9H2,1-3H3/t15-/m0/s1. The van der Waals surface area contributed by atoms with Crippen molar-refractivity contribution < 1.29 is 26.9 Å². The number of carbonyl (C=O) groups excluding carboxylic acids is 1. The third kappa shape index (κ3) is 4.86. The van der Waals surface area contributed by atoms with Crippen LogP contribution in [0.25, 0.3) is 0 Å². The minimum absolute atomic E-state index is 0.176. The predicted molar refractivity (Wildman–Crippen MR) is 86.4 cm³/mol. The third-order valence-electron chi connectivity index (χ3n) is 3.36. The van der Waals surface area contributed by atoms with Gasteiger partial charge in [-0.15, -0.1) is 0 Å². The van der Waals surface area contributed by atoms with E-state index in [1.165, 1.54) is 12.1 Å². The number of aryl methyl sites for hydroxylation is 1. The number of halogens is 1. The van der Waals surface area contributed by atoms with E-state index in [2.05, 4.69) is 9.88 Å². The van der Waals surface area contributed by atoms with Crippen molar-refractivity contribution in [1.29, 1.82) is 0 Å². The van der Waals surface area contributed by atoms with Gasteiger partial charge in [0, 0.05) is 6.07 Å². The summed E-state index contributed by atoms with van der Waals surface area (Å²) in [6, 6.07) is 5.35. The van der Waals surface area contributed by atoms with E-state index in [-0.39, 0.29) is 6.61 Å². The van der Waals surface area contributed by atoms with E-state index in [0.29, 0.717) is 11.5 Å². The molecule has 0 bridgehead atoms. The summed E-state index contributed by atoms with van der Waals surface area (Å²) < 4.78 is 50.7. The van der Waals surface area contributed by atoms with E-state index in [1.807, 2.05) is 0 Å². The Bertz CT molecular complexity index is 848. The van der Waals surface area contributed by atoms with E-state index >= 15 is 0 Å². The Morgan fingerprint density at radius 3 is 2.60 bits per heavy atom. The highest BCUT2D eigenvalue weighted by Crippen LogP contribution is 2.16. The molecule has 1 N–H and O–H groups in total. The molecule has 0 amide bonds. The van der Waals surface area contributed by atoms with Crippen LogP contribution in [-0.4, -0.2) is 25.6 Å². The molecular weight excluding hydrogens is 351 g/mol. The van der Waals surface area contributed by atoms with Crippen LogP contribution in [0, 0.1) is 18.7 Å². The van der Waals surface area contributed by atoms with Crippen molar-refractivity contribution in [3.8, 4) is 0 Å². The number of hydrogen-bond donors (Lipinski definition) is 1. The molecule has 0 unspecified atom stereocenters. The lowest BCUT2D eigenvalue weighted by molar-refractivity contribution is -0.148. The second-order valence-electron chi connectivity index (χ2n) is 5.82. The second-order valence-corrected chi connectivity index (χ2v) is 7.50. The number of nitrogens with zero attached hydrogens (tertiary/aromatic N) is 1. The predicted octanol–water partition coefficient (Wildman–Crippen LogP) is 2.17. The minimum atomic E-state index is -4.22. The Labute approximate surface area is 145 Å². The van der Waals surface area contributed by atoms with Crippen LogP contribution in [0.5, 0.6) is 0 Å². The molecule has 0 aliphatic rings. The summed E-state index contributed by atoms with van der Waals surface area (Å²) in [4.78, 5) is 11.7. The smallest absolute Gasteiger partial charge is 0.324 e. The molecule has 0 fully saturated rings. The van der Waals surface area contributed by atoms with E-state index in [1.54, 1.807) is 26.8 Å². The van der Waals surface area contributed by atoms with Crippen molar-refractivity contribution in [1.82, 2.24) is 9.88 Å². The average Bonchev–Trinajstić information content (AvgIpc) is 2.96. The number of sulfonamides is 1.